The Labute approximate surface area is 236 Å². The highest BCUT2D eigenvalue weighted by molar-refractivity contribution is 8.37. The maximum absolute atomic E-state index is 5.99. The van der Waals surface area contributed by atoms with E-state index in [1.54, 1.807) is 11.8 Å². The summed E-state index contributed by atoms with van der Waals surface area (Å²) in [6.45, 7) is 13.5. The van der Waals surface area contributed by atoms with Gasteiger partial charge in [0.25, 0.3) is 0 Å². The Bertz CT molecular complexity index is 414. The van der Waals surface area contributed by atoms with Crippen LogP contribution in [0.15, 0.2) is 0 Å². The second kappa shape index (κ2) is 27.2. The summed E-state index contributed by atoms with van der Waals surface area (Å²) in [6.07, 6.45) is 26.3. The summed E-state index contributed by atoms with van der Waals surface area (Å²) >= 11 is 13.7. The van der Waals surface area contributed by atoms with Crippen LogP contribution in [-0.2, 0) is 0 Å². The van der Waals surface area contributed by atoms with Crippen molar-refractivity contribution in [2.45, 2.75) is 156 Å². The first-order valence-electron chi connectivity index (χ1n) is 15.4. The Balaban J connectivity index is 4.81. The first-order valence-corrected chi connectivity index (χ1v) is 17.0. The lowest BCUT2D eigenvalue weighted by atomic mass is 10.1. The minimum absolute atomic E-state index is 1.02. The Morgan fingerprint density at radius 3 is 0.857 bits per heavy atom. The van der Waals surface area contributed by atoms with E-state index < -0.39 is 0 Å². The van der Waals surface area contributed by atoms with Gasteiger partial charge in [0.1, 0.15) is 8.64 Å². The quantitative estimate of drug-likeness (QED) is 0.0877. The number of thioether (sulfide) groups is 1. The van der Waals surface area contributed by atoms with Gasteiger partial charge in [-0.15, -0.1) is 0 Å². The summed E-state index contributed by atoms with van der Waals surface area (Å²) in [5, 5.41) is 0. The molecule has 0 unspecified atom stereocenters. The minimum atomic E-state index is 1.02. The van der Waals surface area contributed by atoms with Crippen LogP contribution in [0.25, 0.3) is 0 Å². The average molecular weight is 545 g/mol. The molecule has 0 amide bonds. The van der Waals surface area contributed by atoms with Crippen LogP contribution in [0, 0.1) is 0 Å². The Hall–Kier alpha value is 0.130. The van der Waals surface area contributed by atoms with E-state index >= 15 is 0 Å². The molecule has 0 radical (unpaired) electrons. The van der Waals surface area contributed by atoms with Gasteiger partial charge < -0.3 is 9.80 Å². The average Bonchev–Trinajstić information content (AvgIpc) is 2.85. The normalized spacial score (nSPS) is 11.1. The smallest absolute Gasteiger partial charge is 0.143 e. The fraction of sp³-hybridized carbons (Fsp3) is 0.933. The molecule has 0 N–H and O–H groups in total. The van der Waals surface area contributed by atoms with Gasteiger partial charge in [0.2, 0.25) is 0 Å². The first-order chi connectivity index (χ1) is 17.1. The molecule has 2 nitrogen and oxygen atoms in total. The van der Waals surface area contributed by atoms with E-state index in [9.17, 15) is 0 Å². The molecule has 0 bridgehead atoms. The topological polar surface area (TPSA) is 6.48 Å². The molecule has 0 fully saturated rings. The van der Waals surface area contributed by atoms with Gasteiger partial charge in [-0.2, -0.15) is 0 Å². The van der Waals surface area contributed by atoms with Crippen molar-refractivity contribution in [3.8, 4) is 0 Å². The number of hydrogen-bond donors (Lipinski definition) is 0. The SMILES string of the molecule is CCCCCCCN(CCCCCCC)C(=S)SC(=S)N(CCCCCCC)CCCCCCC. The molecule has 35 heavy (non-hydrogen) atoms. The second-order valence-electron chi connectivity index (χ2n) is 10.3. The van der Waals surface area contributed by atoms with Crippen molar-refractivity contribution in [3.63, 3.8) is 0 Å². The van der Waals surface area contributed by atoms with Gasteiger partial charge in [0.15, 0.2) is 0 Å². The summed E-state index contributed by atoms with van der Waals surface area (Å²) < 4.78 is 2.03. The minimum Gasteiger partial charge on any atom is -0.357 e. The van der Waals surface area contributed by atoms with Crippen molar-refractivity contribution in [2.75, 3.05) is 26.2 Å². The zero-order valence-corrected chi connectivity index (χ0v) is 26.5. The van der Waals surface area contributed by atoms with E-state index in [0.29, 0.717) is 0 Å². The van der Waals surface area contributed by atoms with E-state index in [0.717, 1.165) is 34.8 Å². The van der Waals surface area contributed by atoms with E-state index in [1.807, 2.05) is 0 Å². The van der Waals surface area contributed by atoms with Crippen molar-refractivity contribution >= 4 is 44.8 Å². The summed E-state index contributed by atoms with van der Waals surface area (Å²) in [4.78, 5) is 4.95. The highest BCUT2D eigenvalue weighted by Crippen LogP contribution is 2.20. The van der Waals surface area contributed by atoms with Crippen LogP contribution in [-0.4, -0.2) is 44.6 Å². The first kappa shape index (κ1) is 35.1. The van der Waals surface area contributed by atoms with Gasteiger partial charge in [-0.05, 0) is 37.4 Å². The molecule has 0 rings (SSSR count). The molecule has 0 saturated heterocycles. The van der Waals surface area contributed by atoms with E-state index in [1.165, 1.54) is 128 Å². The van der Waals surface area contributed by atoms with Crippen LogP contribution < -0.4 is 0 Å². The predicted octanol–water partition coefficient (Wildman–Crippen LogP) is 10.8. The number of nitrogens with zero attached hydrogens (tertiary/aromatic N) is 2. The molecule has 0 heterocycles. The van der Waals surface area contributed by atoms with Crippen molar-refractivity contribution in [3.05, 3.63) is 0 Å². The van der Waals surface area contributed by atoms with Crippen molar-refractivity contribution in [1.82, 2.24) is 9.80 Å². The van der Waals surface area contributed by atoms with Crippen molar-refractivity contribution in [1.29, 1.82) is 0 Å². The van der Waals surface area contributed by atoms with Crippen molar-refractivity contribution in [2.24, 2.45) is 0 Å². The second-order valence-corrected chi connectivity index (χ2v) is 12.5. The summed E-state index contributed by atoms with van der Waals surface area (Å²) in [5.41, 5.74) is 0. The third kappa shape index (κ3) is 21.9. The van der Waals surface area contributed by atoms with Crippen LogP contribution in [0.3, 0.4) is 0 Å². The maximum Gasteiger partial charge on any atom is 0.143 e. The molecule has 0 spiro atoms. The van der Waals surface area contributed by atoms with Gasteiger partial charge >= 0.3 is 0 Å². The molecule has 208 valence electrons. The van der Waals surface area contributed by atoms with Gasteiger partial charge in [-0.3, -0.25) is 0 Å². The monoisotopic (exact) mass is 544 g/mol. The lowest BCUT2D eigenvalue weighted by Gasteiger charge is -2.29. The van der Waals surface area contributed by atoms with E-state index in [-0.39, 0.29) is 0 Å². The Morgan fingerprint density at radius 1 is 0.400 bits per heavy atom. The molecule has 0 aliphatic heterocycles. The Morgan fingerprint density at radius 2 is 0.629 bits per heavy atom. The van der Waals surface area contributed by atoms with Crippen LogP contribution in [0.2, 0.25) is 0 Å². The molecule has 0 aromatic heterocycles. The van der Waals surface area contributed by atoms with Crippen LogP contribution in [0.5, 0.6) is 0 Å². The lowest BCUT2D eigenvalue weighted by Crippen LogP contribution is -2.35. The van der Waals surface area contributed by atoms with Gasteiger partial charge in [-0.1, -0.05) is 155 Å². The fourth-order valence-electron chi connectivity index (χ4n) is 4.42. The molecular formula is C30H60N2S3. The third-order valence-electron chi connectivity index (χ3n) is 6.82. The Kier molecular flexibility index (Phi) is 27.3. The highest BCUT2D eigenvalue weighted by Gasteiger charge is 2.17. The zero-order chi connectivity index (χ0) is 26.0. The molecule has 0 aromatic carbocycles. The molecule has 0 saturated carbocycles. The third-order valence-corrected chi connectivity index (χ3v) is 8.70. The highest BCUT2D eigenvalue weighted by atomic mass is 32.2. The lowest BCUT2D eigenvalue weighted by molar-refractivity contribution is 0.393. The molecule has 0 aliphatic carbocycles. The van der Waals surface area contributed by atoms with Crippen LogP contribution >= 0.6 is 36.2 Å². The number of rotatable bonds is 24. The summed E-state index contributed by atoms with van der Waals surface area (Å²) in [5.74, 6) is 0. The molecule has 0 aromatic rings. The van der Waals surface area contributed by atoms with Crippen LogP contribution in [0.1, 0.15) is 156 Å². The number of thiocarbonyl (C=S) groups is 2. The van der Waals surface area contributed by atoms with Gasteiger partial charge in [0, 0.05) is 26.2 Å². The molecule has 0 atom stereocenters. The van der Waals surface area contributed by atoms with Gasteiger partial charge in [0.05, 0.1) is 0 Å². The summed E-state index contributed by atoms with van der Waals surface area (Å²) in [7, 11) is 0. The molecule has 0 aliphatic rings. The van der Waals surface area contributed by atoms with E-state index in [4.69, 9.17) is 24.4 Å². The summed E-state index contributed by atoms with van der Waals surface area (Å²) in [6, 6.07) is 0. The zero-order valence-electron chi connectivity index (χ0n) is 24.1. The predicted molar refractivity (Wildman–Crippen MR) is 171 cm³/mol. The standard InChI is InChI=1S/C30H60N2S3/c1-5-9-13-17-21-25-31(26-22-18-14-10-6-2)29(33)35-30(34)32(27-23-19-15-11-7-3)28-24-20-16-12-8-4/h5-28H2,1-4H3. The molecular weight excluding hydrogens is 485 g/mol. The van der Waals surface area contributed by atoms with Crippen LogP contribution in [0.4, 0.5) is 0 Å². The number of unbranched alkanes of at least 4 members (excludes halogenated alkanes) is 16. The number of hydrogen-bond acceptors (Lipinski definition) is 3. The van der Waals surface area contributed by atoms with Crippen molar-refractivity contribution < 1.29 is 0 Å². The largest absolute Gasteiger partial charge is 0.357 e. The van der Waals surface area contributed by atoms with Gasteiger partial charge in [-0.25, -0.2) is 0 Å². The molecule has 5 heteroatoms. The van der Waals surface area contributed by atoms with E-state index in [2.05, 4.69) is 37.5 Å². The maximum atomic E-state index is 5.99. The fourth-order valence-corrected chi connectivity index (χ4v) is 6.19.